The number of hydrogen-bond donors (Lipinski definition) is 2. The fraction of sp³-hybridized carbons (Fsp3) is 0.481. The molecular formula is C27H33F3N4O6S2. The van der Waals surface area contributed by atoms with Crippen LogP contribution >= 0.6 is 0 Å². The number of carbonyl (C=O) groups excluding carboxylic acids is 2. The largest absolute Gasteiger partial charge is 0.416 e. The Labute approximate surface area is 243 Å². The molecule has 2 aliphatic rings. The number of hydrogen-bond acceptors (Lipinski definition) is 7. The van der Waals surface area contributed by atoms with Gasteiger partial charge in [0, 0.05) is 24.7 Å². The summed E-state index contributed by atoms with van der Waals surface area (Å²) in [6, 6.07) is 12.2. The van der Waals surface area contributed by atoms with Crippen molar-refractivity contribution in [3.05, 3.63) is 65.2 Å². The van der Waals surface area contributed by atoms with Crippen LogP contribution in [0, 0.1) is 0 Å². The van der Waals surface area contributed by atoms with Gasteiger partial charge >= 0.3 is 6.18 Å². The summed E-state index contributed by atoms with van der Waals surface area (Å²) in [5, 5.41) is 5.01. The molecule has 42 heavy (non-hydrogen) atoms. The molecule has 0 unspecified atom stereocenters. The molecular weight excluding hydrogens is 597 g/mol. The second-order valence-corrected chi connectivity index (χ2v) is 14.7. The highest BCUT2D eigenvalue weighted by Gasteiger charge is 2.37. The highest BCUT2D eigenvalue weighted by molar-refractivity contribution is 8.09. The van der Waals surface area contributed by atoms with Gasteiger partial charge in [-0.1, -0.05) is 30.3 Å². The number of likely N-dealkylation sites (tertiary alicyclic amines) is 1. The lowest BCUT2D eigenvalue weighted by Crippen LogP contribution is -2.63. The van der Waals surface area contributed by atoms with Crippen LogP contribution in [0.3, 0.4) is 0 Å². The van der Waals surface area contributed by atoms with Crippen LogP contribution in [0.2, 0.25) is 0 Å². The molecule has 2 amide bonds. The van der Waals surface area contributed by atoms with Gasteiger partial charge in [0.1, 0.15) is 0 Å². The Kier molecular flexibility index (Phi) is 9.23. The summed E-state index contributed by atoms with van der Waals surface area (Å²) in [7, 11) is -9.13. The Balaban J connectivity index is 1.31. The van der Waals surface area contributed by atoms with Gasteiger partial charge in [-0.25, -0.2) is 16.8 Å². The molecule has 1 saturated heterocycles. The molecule has 2 aromatic rings. The van der Waals surface area contributed by atoms with E-state index in [1.54, 1.807) is 0 Å². The summed E-state index contributed by atoms with van der Waals surface area (Å²) in [4.78, 5) is 27.4. The topological polar surface area (TPSA) is 133 Å². The molecule has 10 nitrogen and oxygen atoms in total. The summed E-state index contributed by atoms with van der Waals surface area (Å²) in [6.07, 6.45) is 0.317. The number of amides is 2. The van der Waals surface area contributed by atoms with Crippen LogP contribution in [0.15, 0.2) is 48.5 Å². The van der Waals surface area contributed by atoms with E-state index in [-0.39, 0.29) is 9.75 Å². The molecule has 1 aliphatic heterocycles. The minimum absolute atomic E-state index is 0.125. The maximum Gasteiger partial charge on any atom is 0.416 e. The van der Waals surface area contributed by atoms with Gasteiger partial charge in [0.2, 0.25) is 26.0 Å². The molecule has 0 aromatic heterocycles. The van der Waals surface area contributed by atoms with E-state index < -0.39 is 61.4 Å². The van der Waals surface area contributed by atoms with Crippen molar-refractivity contribution < 1.29 is 39.6 Å². The first kappa shape index (κ1) is 31.8. The predicted octanol–water partition coefficient (Wildman–Crippen LogP) is 2.69. The molecule has 1 aliphatic carbocycles. The number of alkyl halides is 3. The van der Waals surface area contributed by atoms with Crippen LogP contribution in [0.5, 0.6) is 0 Å². The van der Waals surface area contributed by atoms with Crippen LogP contribution in [0.25, 0.3) is 0 Å². The van der Waals surface area contributed by atoms with Crippen molar-refractivity contribution in [2.75, 3.05) is 35.9 Å². The first-order chi connectivity index (χ1) is 19.5. The first-order valence-corrected chi connectivity index (χ1v) is 17.0. The molecule has 1 heterocycles. The van der Waals surface area contributed by atoms with Crippen LogP contribution < -0.4 is 14.3 Å². The zero-order chi connectivity index (χ0) is 30.9. The molecule has 1 saturated carbocycles. The number of halogens is 3. The fourth-order valence-corrected chi connectivity index (χ4v) is 8.53. The average molecular weight is 631 g/mol. The van der Waals surface area contributed by atoms with E-state index in [9.17, 15) is 39.6 Å². The van der Waals surface area contributed by atoms with Gasteiger partial charge in [0.15, 0.2) is 0 Å². The van der Waals surface area contributed by atoms with E-state index in [4.69, 9.17) is 0 Å². The number of nitrogens with one attached hydrogen (secondary N) is 2. The van der Waals surface area contributed by atoms with Crippen molar-refractivity contribution in [1.29, 1.82) is 0 Å². The lowest BCUT2D eigenvalue weighted by Gasteiger charge is -2.46. The summed E-state index contributed by atoms with van der Waals surface area (Å²) in [6.45, 7) is 0.777. The van der Waals surface area contributed by atoms with Crippen molar-refractivity contribution in [3.63, 3.8) is 0 Å². The van der Waals surface area contributed by atoms with Gasteiger partial charge in [0.05, 0.1) is 36.3 Å². The molecule has 15 heteroatoms. The Morgan fingerprint density at radius 2 is 1.52 bits per heavy atom. The Morgan fingerprint density at radius 3 is 2.07 bits per heavy atom. The fourth-order valence-electron chi connectivity index (χ4n) is 5.58. The van der Waals surface area contributed by atoms with Crippen molar-refractivity contribution in [2.24, 2.45) is 0 Å². The highest BCUT2D eigenvalue weighted by Crippen LogP contribution is 2.36. The third-order valence-electron chi connectivity index (χ3n) is 7.49. The summed E-state index contributed by atoms with van der Waals surface area (Å²) in [5.74, 6) is -1.09. The monoisotopic (exact) mass is 630 g/mol. The van der Waals surface area contributed by atoms with E-state index in [0.29, 0.717) is 55.8 Å². The average Bonchev–Trinajstić information content (AvgIpc) is 2.87. The maximum atomic E-state index is 13.5. The lowest BCUT2D eigenvalue weighted by atomic mass is 9.80. The van der Waals surface area contributed by atoms with Crippen molar-refractivity contribution in [2.45, 2.75) is 49.9 Å². The quantitative estimate of drug-likeness (QED) is 0.436. The predicted molar refractivity (Wildman–Crippen MR) is 151 cm³/mol. The van der Waals surface area contributed by atoms with Gasteiger partial charge in [0.25, 0.3) is 5.91 Å². The number of anilines is 1. The van der Waals surface area contributed by atoms with Crippen LogP contribution in [-0.2, 0) is 31.0 Å². The van der Waals surface area contributed by atoms with E-state index in [1.807, 2.05) is 6.07 Å². The normalized spacial score (nSPS) is 20.4. The third kappa shape index (κ3) is 7.81. The van der Waals surface area contributed by atoms with E-state index >= 15 is 0 Å². The van der Waals surface area contributed by atoms with E-state index in [1.165, 1.54) is 5.56 Å². The van der Waals surface area contributed by atoms with Crippen molar-refractivity contribution in [1.82, 2.24) is 15.5 Å². The van der Waals surface area contributed by atoms with Gasteiger partial charge in [-0.3, -0.25) is 14.5 Å². The van der Waals surface area contributed by atoms with Crippen molar-refractivity contribution >= 4 is 37.5 Å². The number of nitrogens with zero attached hydrogens (tertiary/aromatic N) is 2. The SMILES string of the molecule is CS(=O)(=O)N(c1cc(C(=O)NCC(=O)NC2CN(C3CCC(c4ccccc4)CC3)C2)cc(C(F)(F)F)c1)S(C)(=O)=O. The Hall–Kier alpha value is -3.17. The molecule has 2 aromatic carbocycles. The minimum Gasteiger partial charge on any atom is -0.349 e. The first-order valence-electron chi connectivity index (χ1n) is 13.3. The Bertz CT molecular complexity index is 1490. The number of sulfonamides is 2. The van der Waals surface area contributed by atoms with Crippen LogP contribution in [0.1, 0.15) is 53.1 Å². The zero-order valence-electron chi connectivity index (χ0n) is 23.1. The van der Waals surface area contributed by atoms with Crippen molar-refractivity contribution in [3.8, 4) is 0 Å². The summed E-state index contributed by atoms with van der Waals surface area (Å²) in [5.41, 5.74) is -1.61. The molecule has 230 valence electrons. The molecule has 2 N–H and O–H groups in total. The third-order valence-corrected chi connectivity index (χ3v) is 10.7. The molecule has 0 spiro atoms. The van der Waals surface area contributed by atoms with Crippen LogP contribution in [-0.4, -0.2) is 77.8 Å². The minimum atomic E-state index is -5.01. The van der Waals surface area contributed by atoms with Gasteiger partial charge in [-0.2, -0.15) is 16.9 Å². The highest BCUT2D eigenvalue weighted by atomic mass is 32.3. The molecule has 0 radical (unpaired) electrons. The summed E-state index contributed by atoms with van der Waals surface area (Å²) < 4.78 is 88.7. The Morgan fingerprint density at radius 1 is 0.929 bits per heavy atom. The van der Waals surface area contributed by atoms with E-state index in [0.717, 1.165) is 25.7 Å². The van der Waals surface area contributed by atoms with Gasteiger partial charge in [-0.15, -0.1) is 0 Å². The maximum absolute atomic E-state index is 13.5. The summed E-state index contributed by atoms with van der Waals surface area (Å²) >= 11 is 0. The number of benzene rings is 2. The smallest absolute Gasteiger partial charge is 0.349 e. The molecule has 4 rings (SSSR count). The molecule has 0 bridgehead atoms. The lowest BCUT2D eigenvalue weighted by molar-refractivity contribution is -0.137. The number of carbonyl (C=O) groups is 2. The second-order valence-electron chi connectivity index (χ2n) is 10.8. The zero-order valence-corrected chi connectivity index (χ0v) is 24.7. The number of rotatable bonds is 9. The molecule has 2 fully saturated rings. The second kappa shape index (κ2) is 12.2. The van der Waals surface area contributed by atoms with Gasteiger partial charge in [-0.05, 0) is 55.4 Å². The molecule has 0 atom stereocenters. The van der Waals surface area contributed by atoms with E-state index in [2.05, 4.69) is 39.8 Å². The standard InChI is InChI=1S/C27H33F3N4O6S2/c1-41(37,38)34(42(2,39)40)24-13-20(12-21(14-24)27(28,29)30)26(36)31-15-25(35)32-22-16-33(17-22)23-10-8-19(9-11-23)18-6-4-3-5-7-18/h3-7,12-14,19,22-23H,8-11,15-17H2,1-2H3,(H,31,36)(H,32,35). The van der Waals surface area contributed by atoms with Crippen LogP contribution in [0.4, 0.5) is 18.9 Å². The van der Waals surface area contributed by atoms with Gasteiger partial charge < -0.3 is 10.6 Å².